The SMILES string of the molecule is COc1ccc(C=C(C#N)C(=O)OCC(=O)c2ccc(F)cc2)cc1. The number of halogens is 1. The average Bonchev–Trinajstić information content (AvgIpc) is 2.65. The van der Waals surface area contributed by atoms with Crippen LogP contribution >= 0.6 is 0 Å². The monoisotopic (exact) mass is 339 g/mol. The van der Waals surface area contributed by atoms with Crippen LogP contribution in [0.1, 0.15) is 15.9 Å². The Labute approximate surface area is 143 Å². The number of hydrogen-bond acceptors (Lipinski definition) is 5. The summed E-state index contributed by atoms with van der Waals surface area (Å²) in [6.07, 6.45) is 1.35. The number of rotatable bonds is 6. The minimum Gasteiger partial charge on any atom is -0.497 e. The molecule has 0 fully saturated rings. The second-order valence-electron chi connectivity index (χ2n) is 4.95. The number of ketones is 1. The maximum Gasteiger partial charge on any atom is 0.349 e. The van der Waals surface area contributed by atoms with Gasteiger partial charge in [0.2, 0.25) is 0 Å². The van der Waals surface area contributed by atoms with Crippen molar-refractivity contribution in [3.05, 3.63) is 71.0 Å². The van der Waals surface area contributed by atoms with E-state index in [-0.39, 0.29) is 11.1 Å². The molecule has 0 bridgehead atoms. The number of ether oxygens (including phenoxy) is 2. The molecule has 2 rings (SSSR count). The summed E-state index contributed by atoms with van der Waals surface area (Å²) < 4.78 is 22.7. The highest BCUT2D eigenvalue weighted by Crippen LogP contribution is 2.14. The first kappa shape index (κ1) is 17.9. The van der Waals surface area contributed by atoms with E-state index in [1.807, 2.05) is 0 Å². The van der Waals surface area contributed by atoms with Gasteiger partial charge in [-0.2, -0.15) is 5.26 Å². The molecule has 25 heavy (non-hydrogen) atoms. The minimum absolute atomic E-state index is 0.215. The van der Waals surface area contributed by atoms with E-state index in [0.29, 0.717) is 11.3 Å². The molecule has 0 atom stereocenters. The Balaban J connectivity index is 2.01. The molecule has 0 amide bonds. The standard InChI is InChI=1S/C19H14FNO4/c1-24-17-8-2-13(3-9-17)10-15(11-21)19(23)25-12-18(22)14-4-6-16(20)7-5-14/h2-10H,12H2,1H3. The zero-order valence-electron chi connectivity index (χ0n) is 13.4. The predicted molar refractivity (Wildman–Crippen MR) is 88.3 cm³/mol. The Kier molecular flexibility index (Phi) is 6.02. The van der Waals surface area contributed by atoms with E-state index in [9.17, 15) is 14.0 Å². The molecule has 0 aliphatic carbocycles. The summed E-state index contributed by atoms with van der Waals surface area (Å²) in [5.41, 5.74) is 0.586. The minimum atomic E-state index is -0.909. The lowest BCUT2D eigenvalue weighted by Gasteiger charge is -2.04. The van der Waals surface area contributed by atoms with Crippen LogP contribution < -0.4 is 4.74 Å². The lowest BCUT2D eigenvalue weighted by atomic mass is 10.1. The van der Waals surface area contributed by atoms with E-state index in [0.717, 1.165) is 12.1 Å². The fourth-order valence-electron chi connectivity index (χ4n) is 1.93. The first-order chi connectivity index (χ1) is 12.0. The Bertz CT molecular complexity index is 833. The number of esters is 1. The van der Waals surface area contributed by atoms with Crippen LogP contribution in [-0.4, -0.2) is 25.5 Å². The lowest BCUT2D eigenvalue weighted by molar-refractivity contribution is -0.137. The molecule has 0 saturated heterocycles. The van der Waals surface area contributed by atoms with Gasteiger partial charge in [0, 0.05) is 5.56 Å². The van der Waals surface area contributed by atoms with E-state index < -0.39 is 24.2 Å². The third-order valence-corrected chi connectivity index (χ3v) is 3.27. The summed E-state index contributed by atoms with van der Waals surface area (Å²) in [7, 11) is 1.53. The van der Waals surface area contributed by atoms with Crippen molar-refractivity contribution in [3.63, 3.8) is 0 Å². The van der Waals surface area contributed by atoms with E-state index in [1.165, 1.54) is 25.3 Å². The molecule has 0 saturated carbocycles. The van der Waals surface area contributed by atoms with Crippen molar-refractivity contribution >= 4 is 17.8 Å². The lowest BCUT2D eigenvalue weighted by Crippen LogP contribution is -2.15. The van der Waals surface area contributed by atoms with Crippen molar-refractivity contribution in [3.8, 4) is 11.8 Å². The smallest absolute Gasteiger partial charge is 0.349 e. The maximum absolute atomic E-state index is 12.8. The van der Waals surface area contributed by atoms with Gasteiger partial charge < -0.3 is 9.47 Å². The van der Waals surface area contributed by atoms with Crippen molar-refractivity contribution in [2.45, 2.75) is 0 Å². The highest BCUT2D eigenvalue weighted by molar-refractivity contribution is 6.01. The van der Waals surface area contributed by atoms with Gasteiger partial charge in [0.25, 0.3) is 0 Å². The molecule has 0 aromatic heterocycles. The second-order valence-corrected chi connectivity index (χ2v) is 4.95. The maximum atomic E-state index is 12.8. The van der Waals surface area contributed by atoms with E-state index >= 15 is 0 Å². The van der Waals surface area contributed by atoms with Crippen molar-refractivity contribution in [2.75, 3.05) is 13.7 Å². The molecule has 0 N–H and O–H groups in total. The van der Waals surface area contributed by atoms with Gasteiger partial charge in [-0.25, -0.2) is 9.18 Å². The Morgan fingerprint density at radius 2 is 1.76 bits per heavy atom. The summed E-state index contributed by atoms with van der Waals surface area (Å²) in [6.45, 7) is -0.536. The number of carbonyl (C=O) groups excluding carboxylic acids is 2. The third kappa shape index (κ3) is 5.01. The first-order valence-corrected chi connectivity index (χ1v) is 7.25. The zero-order chi connectivity index (χ0) is 18.2. The normalized spacial score (nSPS) is 10.7. The summed E-state index contributed by atoms with van der Waals surface area (Å²) in [6, 6.07) is 13.3. The molecule has 2 aromatic carbocycles. The molecule has 0 heterocycles. The van der Waals surface area contributed by atoms with Gasteiger partial charge in [-0.3, -0.25) is 4.79 Å². The third-order valence-electron chi connectivity index (χ3n) is 3.27. The van der Waals surface area contributed by atoms with Crippen LogP contribution in [0.4, 0.5) is 4.39 Å². The predicted octanol–water partition coefficient (Wildman–Crippen LogP) is 3.17. The number of nitrogens with zero attached hydrogens (tertiary/aromatic N) is 1. The zero-order valence-corrected chi connectivity index (χ0v) is 13.4. The summed E-state index contributed by atoms with van der Waals surface area (Å²) in [5.74, 6) is -1.23. The fourth-order valence-corrected chi connectivity index (χ4v) is 1.93. The molecule has 6 heteroatoms. The molecule has 0 radical (unpaired) electrons. The van der Waals surface area contributed by atoms with Gasteiger partial charge in [-0.05, 0) is 48.0 Å². The average molecular weight is 339 g/mol. The van der Waals surface area contributed by atoms with E-state index in [1.54, 1.807) is 30.3 Å². The van der Waals surface area contributed by atoms with Gasteiger partial charge in [0.05, 0.1) is 7.11 Å². The van der Waals surface area contributed by atoms with E-state index in [4.69, 9.17) is 14.7 Å². The molecule has 0 unspecified atom stereocenters. The molecule has 2 aromatic rings. The van der Waals surface area contributed by atoms with Crippen molar-refractivity contribution in [1.82, 2.24) is 0 Å². The van der Waals surface area contributed by atoms with Gasteiger partial charge in [0.15, 0.2) is 12.4 Å². The molecule has 126 valence electrons. The second kappa shape index (κ2) is 8.41. The number of nitriles is 1. The highest BCUT2D eigenvalue weighted by Gasteiger charge is 2.14. The molecule has 0 aliphatic rings. The largest absolute Gasteiger partial charge is 0.497 e. The van der Waals surface area contributed by atoms with Gasteiger partial charge in [-0.1, -0.05) is 12.1 Å². The topological polar surface area (TPSA) is 76.4 Å². The summed E-state index contributed by atoms with van der Waals surface area (Å²) in [5, 5.41) is 9.10. The van der Waals surface area contributed by atoms with Gasteiger partial charge >= 0.3 is 5.97 Å². The molecule has 0 spiro atoms. The number of benzene rings is 2. The molecule has 5 nitrogen and oxygen atoms in total. The summed E-state index contributed by atoms with van der Waals surface area (Å²) >= 11 is 0. The van der Waals surface area contributed by atoms with Crippen LogP contribution in [0.5, 0.6) is 5.75 Å². The highest BCUT2D eigenvalue weighted by atomic mass is 19.1. The van der Waals surface area contributed by atoms with Crippen LogP contribution in [0.3, 0.4) is 0 Å². The van der Waals surface area contributed by atoms with Crippen LogP contribution in [0.2, 0.25) is 0 Å². The molecule has 0 aliphatic heterocycles. The van der Waals surface area contributed by atoms with Crippen LogP contribution in [0, 0.1) is 17.1 Å². The Morgan fingerprint density at radius 1 is 1.12 bits per heavy atom. The Hall–Kier alpha value is -3.46. The quantitative estimate of drug-likeness (QED) is 0.350. The van der Waals surface area contributed by atoms with Gasteiger partial charge in [0.1, 0.15) is 23.2 Å². The fraction of sp³-hybridized carbons (Fsp3) is 0.105. The van der Waals surface area contributed by atoms with Crippen LogP contribution in [-0.2, 0) is 9.53 Å². The number of carbonyl (C=O) groups is 2. The number of hydrogen-bond donors (Lipinski definition) is 0. The number of Topliss-reactive ketones (excluding diaryl/α,β-unsaturated/α-hetero) is 1. The summed E-state index contributed by atoms with van der Waals surface area (Å²) in [4.78, 5) is 23.8. The molecular weight excluding hydrogens is 325 g/mol. The van der Waals surface area contributed by atoms with Crippen molar-refractivity contribution in [1.29, 1.82) is 5.26 Å². The van der Waals surface area contributed by atoms with Crippen LogP contribution in [0.15, 0.2) is 54.1 Å². The first-order valence-electron chi connectivity index (χ1n) is 7.25. The molecular formula is C19H14FNO4. The Morgan fingerprint density at radius 3 is 2.32 bits per heavy atom. The van der Waals surface area contributed by atoms with Crippen molar-refractivity contribution < 1.29 is 23.5 Å². The van der Waals surface area contributed by atoms with Crippen LogP contribution in [0.25, 0.3) is 6.08 Å². The van der Waals surface area contributed by atoms with Gasteiger partial charge in [-0.15, -0.1) is 0 Å². The van der Waals surface area contributed by atoms with Crippen molar-refractivity contribution in [2.24, 2.45) is 0 Å². The number of methoxy groups -OCH3 is 1. The van der Waals surface area contributed by atoms with E-state index in [2.05, 4.69) is 0 Å².